The molecule has 0 bridgehead atoms. The SMILES string of the molecule is COCCOCC(N)Cc1cccc(F)c1. The summed E-state index contributed by atoms with van der Waals surface area (Å²) in [6.07, 6.45) is 0.616. The van der Waals surface area contributed by atoms with E-state index in [-0.39, 0.29) is 11.9 Å². The number of ether oxygens (including phenoxy) is 2. The fraction of sp³-hybridized carbons (Fsp3) is 0.500. The third-order valence-electron chi connectivity index (χ3n) is 2.15. The van der Waals surface area contributed by atoms with Gasteiger partial charge in [0.05, 0.1) is 19.8 Å². The molecule has 16 heavy (non-hydrogen) atoms. The maximum atomic E-state index is 12.9. The number of halogens is 1. The second-order valence-corrected chi connectivity index (χ2v) is 3.66. The van der Waals surface area contributed by atoms with Crippen molar-refractivity contribution < 1.29 is 13.9 Å². The molecule has 0 aromatic heterocycles. The molecule has 1 aromatic carbocycles. The van der Waals surface area contributed by atoms with Gasteiger partial charge in [-0.15, -0.1) is 0 Å². The Balaban J connectivity index is 2.25. The van der Waals surface area contributed by atoms with Crippen LogP contribution in [0.5, 0.6) is 0 Å². The van der Waals surface area contributed by atoms with Gasteiger partial charge in [-0.1, -0.05) is 12.1 Å². The highest BCUT2D eigenvalue weighted by Gasteiger charge is 2.04. The fourth-order valence-electron chi connectivity index (χ4n) is 1.40. The van der Waals surface area contributed by atoms with Gasteiger partial charge in [-0.25, -0.2) is 4.39 Å². The second kappa shape index (κ2) is 7.33. The van der Waals surface area contributed by atoms with Crippen LogP contribution >= 0.6 is 0 Å². The minimum atomic E-state index is -0.231. The molecule has 0 heterocycles. The quantitative estimate of drug-likeness (QED) is 0.715. The average Bonchev–Trinajstić information content (AvgIpc) is 2.24. The Bertz CT molecular complexity index is 307. The maximum absolute atomic E-state index is 12.9. The van der Waals surface area contributed by atoms with Gasteiger partial charge in [-0.2, -0.15) is 0 Å². The van der Waals surface area contributed by atoms with Crippen LogP contribution in [0.25, 0.3) is 0 Å². The molecule has 0 amide bonds. The van der Waals surface area contributed by atoms with Crippen LogP contribution in [0.1, 0.15) is 5.56 Å². The van der Waals surface area contributed by atoms with E-state index in [2.05, 4.69) is 0 Å². The lowest BCUT2D eigenvalue weighted by atomic mass is 10.1. The monoisotopic (exact) mass is 227 g/mol. The summed E-state index contributed by atoms with van der Waals surface area (Å²) in [7, 11) is 1.62. The Kier molecular flexibility index (Phi) is 6.00. The number of rotatable bonds is 7. The van der Waals surface area contributed by atoms with Gasteiger partial charge >= 0.3 is 0 Å². The van der Waals surface area contributed by atoms with Crippen LogP contribution in [-0.4, -0.2) is 33.0 Å². The molecule has 0 aliphatic carbocycles. The summed E-state index contributed by atoms with van der Waals surface area (Å²) in [6, 6.07) is 6.35. The highest BCUT2D eigenvalue weighted by atomic mass is 19.1. The van der Waals surface area contributed by atoms with Gasteiger partial charge in [0, 0.05) is 13.2 Å². The molecule has 1 aromatic rings. The maximum Gasteiger partial charge on any atom is 0.123 e. The fourth-order valence-corrected chi connectivity index (χ4v) is 1.40. The summed E-state index contributed by atoms with van der Waals surface area (Å²) < 4.78 is 23.0. The third-order valence-corrected chi connectivity index (χ3v) is 2.15. The molecule has 1 rings (SSSR count). The third kappa shape index (κ3) is 5.21. The molecule has 1 atom stereocenters. The summed E-state index contributed by atoms with van der Waals surface area (Å²) in [5, 5.41) is 0. The van der Waals surface area contributed by atoms with Crippen molar-refractivity contribution in [2.24, 2.45) is 5.73 Å². The van der Waals surface area contributed by atoms with Gasteiger partial charge in [0.15, 0.2) is 0 Å². The molecule has 90 valence electrons. The van der Waals surface area contributed by atoms with E-state index in [4.69, 9.17) is 15.2 Å². The molecular weight excluding hydrogens is 209 g/mol. The van der Waals surface area contributed by atoms with Gasteiger partial charge in [0.1, 0.15) is 5.82 Å². The van der Waals surface area contributed by atoms with Crippen molar-refractivity contribution >= 4 is 0 Å². The zero-order valence-corrected chi connectivity index (χ0v) is 9.49. The van der Waals surface area contributed by atoms with Crippen molar-refractivity contribution in [1.82, 2.24) is 0 Å². The van der Waals surface area contributed by atoms with Crippen molar-refractivity contribution in [3.63, 3.8) is 0 Å². The zero-order chi connectivity index (χ0) is 11.8. The van der Waals surface area contributed by atoms with Gasteiger partial charge < -0.3 is 15.2 Å². The first-order valence-corrected chi connectivity index (χ1v) is 5.29. The molecule has 0 fully saturated rings. The van der Waals surface area contributed by atoms with Crippen LogP contribution in [0.4, 0.5) is 4.39 Å². The lowest BCUT2D eigenvalue weighted by Crippen LogP contribution is -2.29. The highest BCUT2D eigenvalue weighted by molar-refractivity contribution is 5.17. The standard InChI is InChI=1S/C12H18FNO2/c1-15-5-6-16-9-12(14)8-10-3-2-4-11(13)7-10/h2-4,7,12H,5-6,8-9,14H2,1H3. The zero-order valence-electron chi connectivity index (χ0n) is 9.49. The normalized spacial score (nSPS) is 12.7. The van der Waals surface area contributed by atoms with E-state index in [1.165, 1.54) is 12.1 Å². The van der Waals surface area contributed by atoms with Crippen molar-refractivity contribution in [3.05, 3.63) is 35.6 Å². The van der Waals surface area contributed by atoms with Crippen LogP contribution < -0.4 is 5.73 Å². The van der Waals surface area contributed by atoms with Crippen molar-refractivity contribution in [2.75, 3.05) is 26.9 Å². The minimum absolute atomic E-state index is 0.112. The lowest BCUT2D eigenvalue weighted by molar-refractivity contribution is 0.0637. The summed E-state index contributed by atoms with van der Waals surface area (Å²) in [6.45, 7) is 1.56. The molecule has 0 spiro atoms. The average molecular weight is 227 g/mol. The molecule has 0 aliphatic rings. The summed E-state index contributed by atoms with van der Waals surface area (Å²) in [5.74, 6) is -0.231. The van der Waals surface area contributed by atoms with E-state index in [0.29, 0.717) is 26.2 Å². The molecule has 0 saturated heterocycles. The topological polar surface area (TPSA) is 44.5 Å². The van der Waals surface area contributed by atoms with Crippen LogP contribution in [-0.2, 0) is 15.9 Å². The Morgan fingerprint density at radius 3 is 2.88 bits per heavy atom. The second-order valence-electron chi connectivity index (χ2n) is 3.66. The summed E-state index contributed by atoms with van der Waals surface area (Å²) in [5.41, 5.74) is 6.74. The molecular formula is C12H18FNO2. The van der Waals surface area contributed by atoms with Crippen LogP contribution in [0.2, 0.25) is 0 Å². The number of methoxy groups -OCH3 is 1. The summed E-state index contributed by atoms with van der Waals surface area (Å²) in [4.78, 5) is 0. The van der Waals surface area contributed by atoms with Gasteiger partial charge in [0.25, 0.3) is 0 Å². The van der Waals surface area contributed by atoms with Crippen LogP contribution in [0.15, 0.2) is 24.3 Å². The summed E-state index contributed by atoms with van der Waals surface area (Å²) >= 11 is 0. The van der Waals surface area contributed by atoms with Crippen LogP contribution in [0, 0.1) is 5.82 Å². The molecule has 3 nitrogen and oxygen atoms in total. The number of hydrogen-bond donors (Lipinski definition) is 1. The van der Waals surface area contributed by atoms with E-state index in [1.807, 2.05) is 6.07 Å². The molecule has 0 radical (unpaired) electrons. The lowest BCUT2D eigenvalue weighted by Gasteiger charge is -2.12. The van der Waals surface area contributed by atoms with E-state index in [1.54, 1.807) is 13.2 Å². The van der Waals surface area contributed by atoms with Gasteiger partial charge in [0.2, 0.25) is 0 Å². The minimum Gasteiger partial charge on any atom is -0.382 e. The first kappa shape index (κ1) is 13.1. The van der Waals surface area contributed by atoms with E-state index in [9.17, 15) is 4.39 Å². The Morgan fingerprint density at radius 1 is 1.38 bits per heavy atom. The first-order chi connectivity index (χ1) is 7.72. The van der Waals surface area contributed by atoms with E-state index < -0.39 is 0 Å². The Hall–Kier alpha value is -0.970. The predicted molar refractivity (Wildman–Crippen MR) is 60.8 cm³/mol. The molecule has 0 saturated carbocycles. The predicted octanol–water partition coefficient (Wildman–Crippen LogP) is 1.36. The van der Waals surface area contributed by atoms with Crippen molar-refractivity contribution in [3.8, 4) is 0 Å². The smallest absolute Gasteiger partial charge is 0.123 e. The molecule has 0 aliphatic heterocycles. The van der Waals surface area contributed by atoms with E-state index in [0.717, 1.165) is 5.56 Å². The number of hydrogen-bond acceptors (Lipinski definition) is 3. The van der Waals surface area contributed by atoms with Crippen molar-refractivity contribution in [2.45, 2.75) is 12.5 Å². The number of benzene rings is 1. The molecule has 1 unspecified atom stereocenters. The molecule has 2 N–H and O–H groups in total. The van der Waals surface area contributed by atoms with Crippen molar-refractivity contribution in [1.29, 1.82) is 0 Å². The number of nitrogens with two attached hydrogens (primary N) is 1. The first-order valence-electron chi connectivity index (χ1n) is 5.29. The Labute approximate surface area is 95.4 Å². The van der Waals surface area contributed by atoms with E-state index >= 15 is 0 Å². The molecule has 4 heteroatoms. The van der Waals surface area contributed by atoms with Gasteiger partial charge in [-0.05, 0) is 24.1 Å². The largest absolute Gasteiger partial charge is 0.382 e. The highest BCUT2D eigenvalue weighted by Crippen LogP contribution is 2.05. The van der Waals surface area contributed by atoms with Gasteiger partial charge in [-0.3, -0.25) is 0 Å². The Morgan fingerprint density at radius 2 is 2.19 bits per heavy atom. The van der Waals surface area contributed by atoms with Crippen LogP contribution in [0.3, 0.4) is 0 Å².